The summed E-state index contributed by atoms with van der Waals surface area (Å²) in [5, 5.41) is 11.7. The van der Waals surface area contributed by atoms with Crippen molar-refractivity contribution in [3.05, 3.63) is 83.2 Å². The van der Waals surface area contributed by atoms with Gasteiger partial charge >= 0.3 is 6.03 Å². The zero-order valence-electron chi connectivity index (χ0n) is 20.0. The molecule has 35 heavy (non-hydrogen) atoms. The van der Waals surface area contributed by atoms with Crippen LogP contribution in [-0.2, 0) is 6.42 Å². The van der Waals surface area contributed by atoms with Crippen LogP contribution in [0.15, 0.2) is 66.0 Å². The molecule has 9 nitrogen and oxygen atoms in total. The third-order valence-corrected chi connectivity index (χ3v) is 5.79. The van der Waals surface area contributed by atoms with Gasteiger partial charge in [-0.05, 0) is 55.3 Å². The molecule has 0 saturated heterocycles. The minimum Gasteiger partial charge on any atom is -0.493 e. The normalized spacial score (nSPS) is 14.8. The third-order valence-electron chi connectivity index (χ3n) is 5.79. The summed E-state index contributed by atoms with van der Waals surface area (Å²) in [7, 11) is 4.74. The highest BCUT2D eigenvalue weighted by Crippen LogP contribution is 2.34. The number of methoxy groups -OCH3 is 2. The first-order chi connectivity index (χ1) is 16.9. The molecular formula is C26H27N5O4. The second kappa shape index (κ2) is 10.3. The Balaban J connectivity index is 1.75. The number of aromatic nitrogens is 1. The monoisotopic (exact) mass is 473 g/mol. The SMILES string of the molecule is CNC(=O)N1N=C(c2ccc(C(=O)Nc3ccncc3)cc2)c2cc(OC)c(OC)cc2C[C@H]1C. The van der Waals surface area contributed by atoms with Crippen LogP contribution >= 0.6 is 0 Å². The Morgan fingerprint density at radius 2 is 1.66 bits per heavy atom. The summed E-state index contributed by atoms with van der Waals surface area (Å²) in [6, 6.07) is 13.8. The zero-order chi connectivity index (χ0) is 24.9. The second-order valence-electron chi connectivity index (χ2n) is 8.03. The smallest absolute Gasteiger partial charge is 0.337 e. The van der Waals surface area contributed by atoms with Crippen LogP contribution in [0.3, 0.4) is 0 Å². The number of anilines is 1. The van der Waals surface area contributed by atoms with Gasteiger partial charge in [0.15, 0.2) is 11.5 Å². The largest absolute Gasteiger partial charge is 0.493 e. The Labute approximate surface area is 203 Å². The Kier molecular flexibility index (Phi) is 6.96. The highest BCUT2D eigenvalue weighted by Gasteiger charge is 2.28. The van der Waals surface area contributed by atoms with E-state index < -0.39 is 0 Å². The molecule has 0 saturated carbocycles. The Bertz CT molecular complexity index is 1260. The molecule has 0 spiro atoms. The third kappa shape index (κ3) is 4.93. The van der Waals surface area contributed by atoms with Crippen LogP contribution < -0.4 is 20.1 Å². The van der Waals surface area contributed by atoms with Gasteiger partial charge in [-0.2, -0.15) is 5.10 Å². The number of urea groups is 1. The molecular weight excluding hydrogens is 446 g/mol. The molecule has 3 aromatic rings. The van der Waals surface area contributed by atoms with E-state index in [2.05, 4.69) is 15.6 Å². The number of carbonyl (C=O) groups excluding carboxylic acids is 2. The molecule has 0 radical (unpaired) electrons. The van der Waals surface area contributed by atoms with E-state index in [0.29, 0.717) is 34.9 Å². The van der Waals surface area contributed by atoms with Gasteiger partial charge in [-0.1, -0.05) is 12.1 Å². The van der Waals surface area contributed by atoms with Crippen LogP contribution in [0.5, 0.6) is 11.5 Å². The van der Waals surface area contributed by atoms with Crippen molar-refractivity contribution in [2.45, 2.75) is 19.4 Å². The molecule has 3 amide bonds. The number of hydrogen-bond donors (Lipinski definition) is 2. The lowest BCUT2D eigenvalue weighted by Gasteiger charge is -2.22. The van der Waals surface area contributed by atoms with Gasteiger partial charge in [0.05, 0.1) is 26.0 Å². The molecule has 2 heterocycles. The zero-order valence-corrected chi connectivity index (χ0v) is 20.0. The predicted octanol–water partition coefficient (Wildman–Crippen LogP) is 3.69. The van der Waals surface area contributed by atoms with E-state index in [4.69, 9.17) is 14.6 Å². The predicted molar refractivity (Wildman–Crippen MR) is 133 cm³/mol. The fraction of sp³-hybridized carbons (Fsp3) is 0.231. The van der Waals surface area contributed by atoms with E-state index in [0.717, 1.165) is 16.7 Å². The van der Waals surface area contributed by atoms with Crippen molar-refractivity contribution in [1.82, 2.24) is 15.3 Å². The lowest BCUT2D eigenvalue weighted by Crippen LogP contribution is -2.41. The molecule has 4 rings (SSSR count). The maximum absolute atomic E-state index is 12.7. The number of nitrogens with one attached hydrogen (secondary N) is 2. The van der Waals surface area contributed by atoms with Gasteiger partial charge in [-0.3, -0.25) is 9.78 Å². The van der Waals surface area contributed by atoms with Gasteiger partial charge in [0.1, 0.15) is 0 Å². The number of rotatable bonds is 5. The number of pyridine rings is 1. The first-order valence-corrected chi connectivity index (χ1v) is 11.1. The van der Waals surface area contributed by atoms with Gasteiger partial charge in [0.2, 0.25) is 0 Å². The van der Waals surface area contributed by atoms with Gasteiger partial charge in [-0.15, -0.1) is 0 Å². The number of benzene rings is 2. The molecule has 9 heteroatoms. The second-order valence-corrected chi connectivity index (χ2v) is 8.03. The minimum atomic E-state index is -0.310. The Morgan fingerprint density at radius 3 is 2.29 bits per heavy atom. The molecule has 1 aromatic heterocycles. The van der Waals surface area contributed by atoms with Crippen LogP contribution in [0.1, 0.15) is 34.0 Å². The maximum Gasteiger partial charge on any atom is 0.337 e. The van der Waals surface area contributed by atoms with Crippen LogP contribution in [-0.4, -0.2) is 55.0 Å². The van der Waals surface area contributed by atoms with E-state index in [9.17, 15) is 9.59 Å². The summed E-state index contributed by atoms with van der Waals surface area (Å²) in [6.45, 7) is 1.94. The fourth-order valence-electron chi connectivity index (χ4n) is 3.97. The van der Waals surface area contributed by atoms with Gasteiger partial charge in [0, 0.05) is 41.8 Å². The van der Waals surface area contributed by atoms with E-state index >= 15 is 0 Å². The molecule has 0 unspecified atom stereocenters. The summed E-state index contributed by atoms with van der Waals surface area (Å²) in [6.07, 6.45) is 3.80. The number of fused-ring (bicyclic) bond motifs is 1. The van der Waals surface area contributed by atoms with Crippen molar-refractivity contribution in [3.63, 3.8) is 0 Å². The summed E-state index contributed by atoms with van der Waals surface area (Å²) in [5.41, 5.74) is 4.29. The number of hydrazone groups is 1. The maximum atomic E-state index is 12.7. The number of nitrogens with zero attached hydrogens (tertiary/aromatic N) is 3. The van der Waals surface area contributed by atoms with Crippen molar-refractivity contribution >= 4 is 23.3 Å². The average Bonchev–Trinajstić information content (AvgIpc) is 3.03. The number of amides is 3. The molecule has 0 fully saturated rings. The van der Waals surface area contributed by atoms with Gasteiger partial charge in [0.25, 0.3) is 5.91 Å². The molecule has 1 aliphatic heterocycles. The highest BCUT2D eigenvalue weighted by molar-refractivity contribution is 6.15. The molecule has 2 aromatic carbocycles. The lowest BCUT2D eigenvalue weighted by molar-refractivity contribution is 0.102. The van der Waals surface area contributed by atoms with E-state index in [1.165, 1.54) is 5.01 Å². The highest BCUT2D eigenvalue weighted by atomic mass is 16.5. The minimum absolute atomic E-state index is 0.199. The number of carbonyl (C=O) groups is 2. The fourth-order valence-corrected chi connectivity index (χ4v) is 3.97. The topological polar surface area (TPSA) is 105 Å². The summed E-state index contributed by atoms with van der Waals surface area (Å²) in [5.74, 6) is 0.931. The molecule has 1 aliphatic rings. The quantitative estimate of drug-likeness (QED) is 0.588. The summed E-state index contributed by atoms with van der Waals surface area (Å²) < 4.78 is 11.0. The summed E-state index contributed by atoms with van der Waals surface area (Å²) in [4.78, 5) is 29.3. The van der Waals surface area contributed by atoms with E-state index in [1.807, 2.05) is 31.2 Å². The van der Waals surface area contributed by atoms with Crippen LogP contribution in [0.25, 0.3) is 0 Å². The van der Waals surface area contributed by atoms with Crippen molar-refractivity contribution in [2.75, 3.05) is 26.6 Å². The van der Waals surface area contributed by atoms with Crippen LogP contribution in [0, 0.1) is 0 Å². The van der Waals surface area contributed by atoms with Gasteiger partial charge < -0.3 is 20.1 Å². The number of hydrogen-bond acceptors (Lipinski definition) is 6. The molecule has 0 bridgehead atoms. The standard InChI is InChI=1S/C26H27N5O4/c1-16-13-19-14-22(34-3)23(35-4)15-21(19)24(30-31(16)26(33)27-2)17-5-7-18(8-6-17)25(32)29-20-9-11-28-12-10-20/h5-12,14-16H,13H2,1-4H3,(H,27,33)(H,28,29,32)/t16-/m1/s1. The molecule has 2 N–H and O–H groups in total. The van der Waals surface area contributed by atoms with E-state index in [1.54, 1.807) is 57.9 Å². The molecule has 1 atom stereocenters. The van der Waals surface area contributed by atoms with Crippen molar-refractivity contribution < 1.29 is 19.1 Å². The van der Waals surface area contributed by atoms with E-state index in [-0.39, 0.29) is 18.0 Å². The lowest BCUT2D eigenvalue weighted by atomic mass is 9.93. The molecule has 180 valence electrons. The van der Waals surface area contributed by atoms with Gasteiger partial charge in [-0.25, -0.2) is 9.80 Å². The first-order valence-electron chi connectivity index (χ1n) is 11.1. The van der Waals surface area contributed by atoms with Crippen molar-refractivity contribution in [2.24, 2.45) is 5.10 Å². The van der Waals surface area contributed by atoms with Crippen LogP contribution in [0.2, 0.25) is 0 Å². The summed E-state index contributed by atoms with van der Waals surface area (Å²) >= 11 is 0. The van der Waals surface area contributed by atoms with Crippen LogP contribution in [0.4, 0.5) is 10.5 Å². The average molecular weight is 474 g/mol. The first kappa shape index (κ1) is 23.7. The molecule has 0 aliphatic carbocycles. The Hall–Kier alpha value is -4.40. The Morgan fingerprint density at radius 1 is 1.00 bits per heavy atom. The number of ether oxygens (including phenoxy) is 2. The van der Waals surface area contributed by atoms with Crippen molar-refractivity contribution in [1.29, 1.82) is 0 Å². The van der Waals surface area contributed by atoms with Crippen molar-refractivity contribution in [3.8, 4) is 11.5 Å².